The van der Waals surface area contributed by atoms with E-state index in [2.05, 4.69) is 30.3 Å². The summed E-state index contributed by atoms with van der Waals surface area (Å²) in [7, 11) is 0. The van der Waals surface area contributed by atoms with Gasteiger partial charge in [0.25, 0.3) is 5.91 Å². The number of thiazole rings is 1. The molecule has 0 saturated carbocycles. The second-order valence-electron chi connectivity index (χ2n) is 8.48. The predicted molar refractivity (Wildman–Crippen MR) is 130 cm³/mol. The number of rotatable bonds is 6. The number of morpholine rings is 1. The van der Waals surface area contributed by atoms with Gasteiger partial charge in [0.2, 0.25) is 5.91 Å². The van der Waals surface area contributed by atoms with Crippen molar-refractivity contribution in [1.82, 2.24) is 20.1 Å². The van der Waals surface area contributed by atoms with E-state index in [1.807, 2.05) is 24.3 Å². The molecule has 4 heterocycles. The average molecular weight is 482 g/mol. The van der Waals surface area contributed by atoms with Crippen molar-refractivity contribution in [1.29, 1.82) is 0 Å². The molecule has 2 saturated heterocycles. The number of hydrogen-bond donors (Lipinski definition) is 3. The lowest BCUT2D eigenvalue weighted by molar-refractivity contribution is -0.135. The molecule has 2 aromatic heterocycles. The van der Waals surface area contributed by atoms with E-state index < -0.39 is 5.54 Å². The molecule has 5 rings (SSSR count). The fourth-order valence-electron chi connectivity index (χ4n) is 4.75. The molecule has 34 heavy (non-hydrogen) atoms. The summed E-state index contributed by atoms with van der Waals surface area (Å²) in [5.74, 6) is -0.539. The molecule has 0 bridgehead atoms. The van der Waals surface area contributed by atoms with Gasteiger partial charge in [-0.25, -0.2) is 4.98 Å². The maximum absolute atomic E-state index is 12.9. The van der Waals surface area contributed by atoms with Crippen LogP contribution in [0.3, 0.4) is 0 Å². The maximum atomic E-state index is 12.9. The van der Waals surface area contributed by atoms with Crippen LogP contribution in [0.5, 0.6) is 0 Å². The molecule has 2 fully saturated rings. The van der Waals surface area contributed by atoms with Crippen molar-refractivity contribution in [2.24, 2.45) is 5.73 Å². The van der Waals surface area contributed by atoms with Gasteiger partial charge in [-0.15, -0.1) is 11.3 Å². The number of nitrogens with two attached hydrogens (primary N) is 1. The van der Waals surface area contributed by atoms with Crippen LogP contribution in [-0.4, -0.2) is 76.8 Å². The number of piperidine rings is 1. The molecule has 2 aliphatic rings. The number of ether oxygens (including phenoxy) is 1. The van der Waals surface area contributed by atoms with E-state index in [-0.39, 0.29) is 11.8 Å². The van der Waals surface area contributed by atoms with Gasteiger partial charge in [-0.2, -0.15) is 5.10 Å². The highest BCUT2D eigenvalue weighted by Crippen LogP contribution is 2.35. The summed E-state index contributed by atoms with van der Waals surface area (Å²) in [6.45, 7) is 3.98. The number of amides is 2. The first-order valence-corrected chi connectivity index (χ1v) is 12.2. The van der Waals surface area contributed by atoms with Crippen molar-refractivity contribution in [2.45, 2.75) is 18.4 Å². The standard InChI is InChI=1S/C23H27N7O3S/c24-22(32)23(30-9-11-33-12-10-30)5-7-29(8-6-23)19-4-2-1-3-17(19)27-20(31)18-15-34-21(28-18)16-13-25-26-14-16/h1-4,13-15H,5-12H2,(H2,24,32)(H,25,26)(H,27,31). The van der Waals surface area contributed by atoms with Gasteiger partial charge in [-0.05, 0) is 25.0 Å². The summed E-state index contributed by atoms with van der Waals surface area (Å²) >= 11 is 1.39. The van der Waals surface area contributed by atoms with Gasteiger partial charge < -0.3 is 20.7 Å². The minimum atomic E-state index is -0.650. The fourth-order valence-corrected chi connectivity index (χ4v) is 5.53. The lowest BCUT2D eigenvalue weighted by Crippen LogP contribution is -2.64. The Balaban J connectivity index is 1.30. The number of nitrogens with one attached hydrogen (secondary N) is 2. The number of carbonyl (C=O) groups excluding carboxylic acids is 2. The first kappa shape index (κ1) is 22.5. The number of primary amides is 1. The van der Waals surface area contributed by atoms with Crippen LogP contribution < -0.4 is 16.0 Å². The fraction of sp³-hybridized carbons (Fsp3) is 0.391. The Morgan fingerprint density at radius 2 is 1.91 bits per heavy atom. The van der Waals surface area contributed by atoms with Gasteiger partial charge in [-0.1, -0.05) is 12.1 Å². The van der Waals surface area contributed by atoms with E-state index in [1.54, 1.807) is 17.8 Å². The normalized spacial score (nSPS) is 18.5. The van der Waals surface area contributed by atoms with Crippen LogP contribution in [0.25, 0.3) is 10.6 Å². The number of carbonyl (C=O) groups is 2. The zero-order valence-corrected chi connectivity index (χ0v) is 19.5. The van der Waals surface area contributed by atoms with Crippen LogP contribution in [0.1, 0.15) is 23.3 Å². The predicted octanol–water partition coefficient (Wildman–Crippen LogP) is 1.94. The highest BCUT2D eigenvalue weighted by atomic mass is 32.1. The third kappa shape index (κ3) is 4.29. The molecule has 0 atom stereocenters. The largest absolute Gasteiger partial charge is 0.379 e. The summed E-state index contributed by atoms with van der Waals surface area (Å²) in [6.07, 6.45) is 4.68. The molecule has 4 N–H and O–H groups in total. The van der Waals surface area contributed by atoms with E-state index in [9.17, 15) is 9.59 Å². The molecule has 1 aromatic carbocycles. The van der Waals surface area contributed by atoms with Gasteiger partial charge in [0.05, 0.1) is 30.8 Å². The maximum Gasteiger partial charge on any atom is 0.275 e. The topological polar surface area (TPSA) is 129 Å². The molecule has 2 aliphatic heterocycles. The van der Waals surface area contributed by atoms with Gasteiger partial charge in [0, 0.05) is 43.3 Å². The molecular weight excluding hydrogens is 454 g/mol. The van der Waals surface area contributed by atoms with Gasteiger partial charge >= 0.3 is 0 Å². The zero-order valence-electron chi connectivity index (χ0n) is 18.7. The van der Waals surface area contributed by atoms with Crippen molar-refractivity contribution in [3.8, 4) is 10.6 Å². The second-order valence-corrected chi connectivity index (χ2v) is 9.34. The average Bonchev–Trinajstić information content (AvgIpc) is 3.57. The van der Waals surface area contributed by atoms with E-state index in [0.29, 0.717) is 63.6 Å². The van der Waals surface area contributed by atoms with E-state index >= 15 is 0 Å². The van der Waals surface area contributed by atoms with Crippen molar-refractivity contribution in [2.75, 3.05) is 49.6 Å². The number of para-hydroxylation sites is 2. The van der Waals surface area contributed by atoms with Crippen molar-refractivity contribution in [3.05, 3.63) is 47.7 Å². The Hall–Kier alpha value is -3.28. The van der Waals surface area contributed by atoms with Crippen LogP contribution in [-0.2, 0) is 9.53 Å². The smallest absolute Gasteiger partial charge is 0.275 e. The Kier molecular flexibility index (Phi) is 6.31. The number of anilines is 2. The summed E-state index contributed by atoms with van der Waals surface area (Å²) in [6, 6.07) is 7.71. The highest BCUT2D eigenvalue weighted by molar-refractivity contribution is 7.13. The summed E-state index contributed by atoms with van der Waals surface area (Å²) < 4.78 is 5.46. The molecule has 10 nitrogen and oxygen atoms in total. The number of nitrogens with zero attached hydrogens (tertiary/aromatic N) is 4. The molecule has 0 aliphatic carbocycles. The quantitative estimate of drug-likeness (QED) is 0.491. The molecule has 0 radical (unpaired) electrons. The number of hydrogen-bond acceptors (Lipinski definition) is 8. The summed E-state index contributed by atoms with van der Waals surface area (Å²) in [5.41, 5.74) is 8.08. The molecule has 0 unspecified atom stereocenters. The van der Waals surface area contributed by atoms with Crippen molar-refractivity contribution < 1.29 is 14.3 Å². The number of benzene rings is 1. The monoisotopic (exact) mass is 481 g/mol. The number of aromatic nitrogens is 3. The SMILES string of the molecule is NC(=O)C1(N2CCOCC2)CCN(c2ccccc2NC(=O)c2csc(-c3cn[nH]c3)n2)CC1. The molecule has 11 heteroatoms. The molecular formula is C23H27N7O3S. The molecule has 178 valence electrons. The minimum absolute atomic E-state index is 0.268. The van der Waals surface area contributed by atoms with Crippen LogP contribution >= 0.6 is 11.3 Å². The zero-order chi connectivity index (χ0) is 23.5. The van der Waals surface area contributed by atoms with Crippen molar-refractivity contribution in [3.63, 3.8) is 0 Å². The van der Waals surface area contributed by atoms with Crippen LogP contribution in [0.2, 0.25) is 0 Å². The number of H-pyrrole nitrogens is 1. The Morgan fingerprint density at radius 3 is 2.62 bits per heavy atom. The third-order valence-electron chi connectivity index (χ3n) is 6.64. The lowest BCUT2D eigenvalue weighted by Gasteiger charge is -2.48. The third-order valence-corrected chi connectivity index (χ3v) is 7.53. The van der Waals surface area contributed by atoms with Gasteiger partial charge in [0.1, 0.15) is 16.2 Å². The van der Waals surface area contributed by atoms with Crippen LogP contribution in [0.15, 0.2) is 42.0 Å². The van der Waals surface area contributed by atoms with E-state index in [0.717, 1.165) is 16.3 Å². The number of aromatic amines is 1. The van der Waals surface area contributed by atoms with Crippen molar-refractivity contribution >= 4 is 34.5 Å². The van der Waals surface area contributed by atoms with E-state index in [4.69, 9.17) is 10.5 Å². The van der Waals surface area contributed by atoms with Crippen LogP contribution in [0.4, 0.5) is 11.4 Å². The highest BCUT2D eigenvalue weighted by Gasteiger charge is 2.45. The molecule has 2 amide bonds. The van der Waals surface area contributed by atoms with Gasteiger partial charge in [-0.3, -0.25) is 19.6 Å². The summed E-state index contributed by atoms with van der Waals surface area (Å²) in [4.78, 5) is 34.3. The second kappa shape index (κ2) is 9.53. The Morgan fingerprint density at radius 1 is 1.15 bits per heavy atom. The first-order chi connectivity index (χ1) is 16.6. The Bertz CT molecular complexity index is 1150. The molecule has 0 spiro atoms. The Labute approximate surface area is 201 Å². The van der Waals surface area contributed by atoms with Crippen LogP contribution in [0, 0.1) is 0 Å². The van der Waals surface area contributed by atoms with E-state index in [1.165, 1.54) is 11.3 Å². The van der Waals surface area contributed by atoms with Gasteiger partial charge in [0.15, 0.2) is 0 Å². The minimum Gasteiger partial charge on any atom is -0.379 e. The first-order valence-electron chi connectivity index (χ1n) is 11.3. The molecule has 3 aromatic rings. The lowest BCUT2D eigenvalue weighted by atomic mass is 9.84. The summed E-state index contributed by atoms with van der Waals surface area (Å²) in [5, 5.41) is 12.2.